The van der Waals surface area contributed by atoms with E-state index in [0.717, 1.165) is 54.2 Å². The first-order chi connectivity index (χ1) is 14.6. The monoisotopic (exact) mass is 427 g/mol. The van der Waals surface area contributed by atoms with Crippen molar-refractivity contribution in [3.8, 4) is 0 Å². The molecule has 6 nitrogen and oxygen atoms in total. The van der Waals surface area contributed by atoms with Crippen molar-refractivity contribution in [2.24, 2.45) is 5.92 Å². The van der Waals surface area contributed by atoms with Gasteiger partial charge in [-0.2, -0.15) is 0 Å². The van der Waals surface area contributed by atoms with E-state index < -0.39 is 0 Å². The maximum absolute atomic E-state index is 12.6. The second-order valence-corrected chi connectivity index (χ2v) is 8.74. The Morgan fingerprint density at radius 1 is 1.07 bits per heavy atom. The lowest BCUT2D eigenvalue weighted by Gasteiger charge is -2.36. The highest BCUT2D eigenvalue weighted by Crippen LogP contribution is 2.22. The van der Waals surface area contributed by atoms with Crippen molar-refractivity contribution >= 4 is 29.1 Å². The largest absolute Gasteiger partial charge is 0.368 e. The maximum Gasteiger partial charge on any atom is 0.317 e. The second-order valence-electron chi connectivity index (χ2n) is 8.31. The fraction of sp³-hybridized carbons (Fsp3) is 0.478. The molecule has 0 aliphatic carbocycles. The molecule has 4 rings (SSSR count). The van der Waals surface area contributed by atoms with E-state index in [1.54, 1.807) is 0 Å². The number of halogens is 1. The molecule has 7 heteroatoms. The summed E-state index contributed by atoms with van der Waals surface area (Å²) in [7, 11) is 0. The molecule has 2 aliphatic heterocycles. The molecule has 1 aromatic heterocycles. The molecule has 1 aromatic carbocycles. The first kappa shape index (κ1) is 20.8. The number of urea groups is 1. The normalized spacial score (nSPS) is 17.9. The van der Waals surface area contributed by atoms with Gasteiger partial charge in [-0.25, -0.2) is 9.78 Å². The third kappa shape index (κ3) is 5.17. The Morgan fingerprint density at radius 3 is 2.50 bits per heavy atom. The Morgan fingerprint density at radius 2 is 1.83 bits per heavy atom. The molecule has 0 saturated carbocycles. The van der Waals surface area contributed by atoms with Crippen molar-refractivity contribution in [1.82, 2.24) is 15.2 Å². The quantitative estimate of drug-likeness (QED) is 0.801. The molecule has 0 radical (unpaired) electrons. The number of piperazine rings is 1. The summed E-state index contributed by atoms with van der Waals surface area (Å²) in [5.41, 5.74) is 2.13. The molecule has 0 atom stereocenters. The molecule has 30 heavy (non-hydrogen) atoms. The number of amides is 2. The highest BCUT2D eigenvalue weighted by molar-refractivity contribution is 6.30. The van der Waals surface area contributed by atoms with Crippen LogP contribution in [0, 0.1) is 5.92 Å². The summed E-state index contributed by atoms with van der Waals surface area (Å²) in [6.07, 6.45) is 4.33. The van der Waals surface area contributed by atoms with Crippen LogP contribution in [0.2, 0.25) is 5.02 Å². The van der Waals surface area contributed by atoms with Crippen LogP contribution < -0.4 is 15.1 Å². The Bertz CT molecular complexity index is 843. The second kappa shape index (κ2) is 9.56. The Labute approximate surface area is 183 Å². The lowest BCUT2D eigenvalue weighted by Crippen LogP contribution is -2.51. The van der Waals surface area contributed by atoms with Gasteiger partial charge in [-0.3, -0.25) is 0 Å². The zero-order valence-corrected chi connectivity index (χ0v) is 18.3. The molecule has 3 heterocycles. The number of pyridine rings is 1. The average Bonchev–Trinajstić information content (AvgIpc) is 2.78. The molecule has 0 bridgehead atoms. The van der Waals surface area contributed by atoms with E-state index in [0.29, 0.717) is 19.6 Å². The van der Waals surface area contributed by atoms with Crippen LogP contribution in [0.5, 0.6) is 0 Å². The average molecular weight is 428 g/mol. The van der Waals surface area contributed by atoms with E-state index in [2.05, 4.69) is 45.2 Å². The summed E-state index contributed by atoms with van der Waals surface area (Å²) in [5, 5.41) is 3.77. The van der Waals surface area contributed by atoms with Crippen molar-refractivity contribution < 1.29 is 4.79 Å². The van der Waals surface area contributed by atoms with Gasteiger partial charge in [0.2, 0.25) is 0 Å². The van der Waals surface area contributed by atoms with Gasteiger partial charge < -0.3 is 20.0 Å². The number of rotatable bonds is 4. The van der Waals surface area contributed by atoms with Crippen LogP contribution in [-0.4, -0.2) is 55.2 Å². The smallest absolute Gasteiger partial charge is 0.317 e. The molecule has 1 N–H and O–H groups in total. The number of benzene rings is 1. The standard InChI is InChI=1S/C23H30ClN5O/c1-18-7-9-28(10-8-18)22-6-5-19(16-25-22)17-26-23(30)29-13-11-27(12-14-29)21-4-2-3-20(24)15-21/h2-6,15-16,18H,7-14,17H2,1H3,(H,26,30). The molecule has 2 fully saturated rings. The number of anilines is 2. The molecule has 0 spiro atoms. The minimum Gasteiger partial charge on any atom is -0.368 e. The Hall–Kier alpha value is -2.47. The van der Waals surface area contributed by atoms with Gasteiger partial charge in [-0.1, -0.05) is 30.7 Å². The van der Waals surface area contributed by atoms with Crippen molar-refractivity contribution in [2.75, 3.05) is 49.1 Å². The fourth-order valence-corrected chi connectivity index (χ4v) is 4.26. The fourth-order valence-electron chi connectivity index (χ4n) is 4.08. The molecular weight excluding hydrogens is 398 g/mol. The summed E-state index contributed by atoms with van der Waals surface area (Å²) in [6, 6.07) is 12.0. The van der Waals surface area contributed by atoms with E-state index in [-0.39, 0.29) is 6.03 Å². The van der Waals surface area contributed by atoms with Crippen molar-refractivity contribution in [3.63, 3.8) is 0 Å². The zero-order chi connectivity index (χ0) is 20.9. The van der Waals surface area contributed by atoms with Gasteiger partial charge in [0, 0.05) is 62.7 Å². The Kier molecular flexibility index (Phi) is 6.62. The number of hydrogen-bond acceptors (Lipinski definition) is 4. The van der Waals surface area contributed by atoms with Crippen LogP contribution in [0.25, 0.3) is 0 Å². The van der Waals surface area contributed by atoms with Gasteiger partial charge in [-0.05, 0) is 48.6 Å². The highest BCUT2D eigenvalue weighted by atomic mass is 35.5. The van der Waals surface area contributed by atoms with Crippen molar-refractivity contribution in [1.29, 1.82) is 0 Å². The highest BCUT2D eigenvalue weighted by Gasteiger charge is 2.21. The van der Waals surface area contributed by atoms with E-state index >= 15 is 0 Å². The van der Waals surface area contributed by atoms with Crippen LogP contribution >= 0.6 is 11.6 Å². The number of carbonyl (C=O) groups excluding carboxylic acids is 1. The van der Waals surface area contributed by atoms with E-state index in [1.165, 1.54) is 12.8 Å². The summed E-state index contributed by atoms with van der Waals surface area (Å²) < 4.78 is 0. The van der Waals surface area contributed by atoms with E-state index in [9.17, 15) is 4.79 Å². The van der Waals surface area contributed by atoms with Crippen molar-refractivity contribution in [3.05, 3.63) is 53.2 Å². The first-order valence-electron chi connectivity index (χ1n) is 10.8. The first-order valence-corrected chi connectivity index (χ1v) is 11.2. The zero-order valence-electron chi connectivity index (χ0n) is 17.6. The molecule has 2 aromatic rings. The molecule has 160 valence electrons. The third-order valence-electron chi connectivity index (χ3n) is 6.10. The van der Waals surface area contributed by atoms with Crippen LogP contribution in [0.1, 0.15) is 25.3 Å². The maximum atomic E-state index is 12.6. The minimum absolute atomic E-state index is 0.0187. The molecule has 2 aliphatic rings. The number of carbonyl (C=O) groups is 1. The number of hydrogen-bond donors (Lipinski definition) is 1. The SMILES string of the molecule is CC1CCN(c2ccc(CNC(=O)N3CCN(c4cccc(Cl)c4)CC3)cn2)CC1. The number of aromatic nitrogens is 1. The van der Waals surface area contributed by atoms with Crippen LogP contribution in [0.15, 0.2) is 42.6 Å². The third-order valence-corrected chi connectivity index (χ3v) is 6.34. The van der Waals surface area contributed by atoms with Crippen LogP contribution in [0.3, 0.4) is 0 Å². The van der Waals surface area contributed by atoms with Gasteiger partial charge in [0.1, 0.15) is 5.82 Å². The summed E-state index contributed by atoms with van der Waals surface area (Å²) in [5.74, 6) is 1.84. The summed E-state index contributed by atoms with van der Waals surface area (Å²) in [6.45, 7) is 7.96. The number of piperidine rings is 1. The van der Waals surface area contributed by atoms with Gasteiger partial charge in [0.05, 0.1) is 0 Å². The van der Waals surface area contributed by atoms with Gasteiger partial charge in [0.15, 0.2) is 0 Å². The van der Waals surface area contributed by atoms with Crippen LogP contribution in [-0.2, 0) is 6.54 Å². The predicted octanol–water partition coefficient (Wildman–Crippen LogP) is 4.00. The Balaban J connectivity index is 1.23. The molecular formula is C23H30ClN5O. The minimum atomic E-state index is -0.0187. The molecule has 2 saturated heterocycles. The lowest BCUT2D eigenvalue weighted by atomic mass is 9.99. The summed E-state index contributed by atoms with van der Waals surface area (Å²) >= 11 is 6.09. The lowest BCUT2D eigenvalue weighted by molar-refractivity contribution is 0.194. The van der Waals surface area contributed by atoms with E-state index in [4.69, 9.17) is 11.6 Å². The van der Waals surface area contributed by atoms with Crippen LogP contribution in [0.4, 0.5) is 16.3 Å². The topological polar surface area (TPSA) is 51.7 Å². The predicted molar refractivity (Wildman–Crippen MR) is 122 cm³/mol. The molecule has 0 unspecified atom stereocenters. The number of nitrogens with zero attached hydrogens (tertiary/aromatic N) is 4. The summed E-state index contributed by atoms with van der Waals surface area (Å²) in [4.78, 5) is 23.7. The van der Waals surface area contributed by atoms with Gasteiger partial charge >= 0.3 is 6.03 Å². The van der Waals surface area contributed by atoms with Gasteiger partial charge in [-0.15, -0.1) is 0 Å². The molecule has 2 amide bonds. The van der Waals surface area contributed by atoms with Crippen molar-refractivity contribution in [2.45, 2.75) is 26.3 Å². The van der Waals surface area contributed by atoms with E-state index in [1.807, 2.05) is 29.3 Å². The number of nitrogens with one attached hydrogen (secondary N) is 1. The van der Waals surface area contributed by atoms with Gasteiger partial charge in [0.25, 0.3) is 0 Å².